The van der Waals surface area contributed by atoms with E-state index in [4.69, 9.17) is 0 Å². The maximum Gasteiger partial charge on any atom is 0.433 e. The summed E-state index contributed by atoms with van der Waals surface area (Å²) in [6.07, 6.45) is -3.82. The molecule has 1 atom stereocenters. The van der Waals surface area contributed by atoms with Crippen LogP contribution in [0.5, 0.6) is 0 Å². The van der Waals surface area contributed by atoms with Crippen LogP contribution in [0.15, 0.2) is 24.4 Å². The van der Waals surface area contributed by atoms with Crippen molar-refractivity contribution in [2.24, 2.45) is 0 Å². The van der Waals surface area contributed by atoms with Gasteiger partial charge in [0, 0.05) is 16.8 Å². The Morgan fingerprint density at radius 1 is 1.27 bits per heavy atom. The molecule has 1 aromatic heterocycles. The van der Waals surface area contributed by atoms with Crippen molar-refractivity contribution in [1.82, 2.24) is 10.3 Å². The van der Waals surface area contributed by atoms with E-state index in [0.29, 0.717) is 24.2 Å². The maximum atomic E-state index is 13.4. The Balaban J connectivity index is 2.52. The van der Waals surface area contributed by atoms with Crippen LogP contribution in [0.4, 0.5) is 13.2 Å². The third kappa shape index (κ3) is 3.31. The van der Waals surface area contributed by atoms with Crippen molar-refractivity contribution < 1.29 is 18.0 Å². The molecular formula is C16H19F3N2O. The number of nitrogens with one attached hydrogen (secondary N) is 1. The van der Waals surface area contributed by atoms with E-state index in [0.717, 1.165) is 0 Å². The molecular weight excluding hydrogens is 293 g/mol. The SMILES string of the molecule is C=C1CCC(c2ccc(C(C)(C)C)nc2C(F)(F)F)C(=O)N1. The highest BCUT2D eigenvalue weighted by molar-refractivity contribution is 5.86. The van der Waals surface area contributed by atoms with Gasteiger partial charge in [0.15, 0.2) is 0 Å². The third-order valence-corrected chi connectivity index (χ3v) is 3.69. The predicted molar refractivity (Wildman–Crippen MR) is 77.2 cm³/mol. The molecule has 0 spiro atoms. The van der Waals surface area contributed by atoms with Crippen molar-refractivity contribution in [1.29, 1.82) is 0 Å². The first kappa shape index (κ1) is 16.5. The van der Waals surface area contributed by atoms with Gasteiger partial charge < -0.3 is 5.32 Å². The summed E-state index contributed by atoms with van der Waals surface area (Å²) in [6.45, 7) is 9.03. The second-order valence-electron chi connectivity index (χ2n) is 6.57. The van der Waals surface area contributed by atoms with Gasteiger partial charge in [-0.05, 0) is 24.5 Å². The van der Waals surface area contributed by atoms with E-state index >= 15 is 0 Å². The molecule has 0 saturated carbocycles. The Morgan fingerprint density at radius 3 is 2.41 bits per heavy atom. The van der Waals surface area contributed by atoms with Gasteiger partial charge in [-0.2, -0.15) is 13.2 Å². The largest absolute Gasteiger partial charge is 0.433 e. The maximum absolute atomic E-state index is 13.4. The molecule has 2 rings (SSSR count). The molecule has 0 bridgehead atoms. The highest BCUT2D eigenvalue weighted by Crippen LogP contribution is 2.38. The number of pyridine rings is 1. The zero-order valence-electron chi connectivity index (χ0n) is 12.8. The van der Waals surface area contributed by atoms with Crippen molar-refractivity contribution in [3.8, 4) is 0 Å². The molecule has 1 saturated heterocycles. The number of halogens is 3. The monoisotopic (exact) mass is 312 g/mol. The van der Waals surface area contributed by atoms with Crippen molar-refractivity contribution >= 4 is 5.91 Å². The van der Waals surface area contributed by atoms with Crippen LogP contribution in [-0.2, 0) is 16.4 Å². The van der Waals surface area contributed by atoms with Crippen molar-refractivity contribution in [3.05, 3.63) is 41.4 Å². The van der Waals surface area contributed by atoms with Gasteiger partial charge in [0.2, 0.25) is 5.91 Å². The summed E-state index contributed by atoms with van der Waals surface area (Å²) in [4.78, 5) is 15.8. The minimum atomic E-state index is -4.59. The third-order valence-electron chi connectivity index (χ3n) is 3.69. The fourth-order valence-corrected chi connectivity index (χ4v) is 2.47. The molecule has 120 valence electrons. The van der Waals surface area contributed by atoms with Crippen LogP contribution in [0, 0.1) is 0 Å². The molecule has 3 nitrogen and oxygen atoms in total. The summed E-state index contributed by atoms with van der Waals surface area (Å²) in [7, 11) is 0. The first-order chi connectivity index (χ1) is 10.00. The van der Waals surface area contributed by atoms with E-state index in [-0.39, 0.29) is 5.56 Å². The second-order valence-corrected chi connectivity index (χ2v) is 6.57. The van der Waals surface area contributed by atoms with Crippen LogP contribution in [0.1, 0.15) is 56.5 Å². The number of rotatable bonds is 1. The molecule has 0 radical (unpaired) electrons. The number of nitrogens with zero attached hydrogens (tertiary/aromatic N) is 1. The Hall–Kier alpha value is -1.85. The smallest absolute Gasteiger partial charge is 0.330 e. The van der Waals surface area contributed by atoms with Gasteiger partial charge in [-0.3, -0.25) is 4.79 Å². The normalized spacial score (nSPS) is 20.0. The Bertz CT molecular complexity index is 615. The zero-order chi connectivity index (χ0) is 16.7. The summed E-state index contributed by atoms with van der Waals surface area (Å²) in [5, 5.41) is 2.52. The van der Waals surface area contributed by atoms with E-state index < -0.39 is 29.1 Å². The van der Waals surface area contributed by atoms with E-state index in [2.05, 4.69) is 16.9 Å². The minimum Gasteiger partial charge on any atom is -0.330 e. The molecule has 1 aliphatic heterocycles. The van der Waals surface area contributed by atoms with Crippen molar-refractivity contribution in [2.45, 2.75) is 51.1 Å². The average molecular weight is 312 g/mol. The minimum absolute atomic E-state index is 0.0644. The molecule has 1 aliphatic rings. The first-order valence-electron chi connectivity index (χ1n) is 7.07. The first-order valence-corrected chi connectivity index (χ1v) is 7.07. The van der Waals surface area contributed by atoms with Gasteiger partial charge in [-0.1, -0.05) is 33.4 Å². The Kier molecular flexibility index (Phi) is 4.06. The second kappa shape index (κ2) is 5.41. The lowest BCUT2D eigenvalue weighted by molar-refractivity contribution is -0.142. The summed E-state index contributed by atoms with van der Waals surface area (Å²) in [5.41, 5.74) is -0.641. The van der Waals surface area contributed by atoms with Crippen molar-refractivity contribution in [2.75, 3.05) is 0 Å². The lowest BCUT2D eigenvalue weighted by Gasteiger charge is -2.27. The number of allylic oxidation sites excluding steroid dienone is 1. The summed E-state index contributed by atoms with van der Waals surface area (Å²) in [5.74, 6) is -1.30. The van der Waals surface area contributed by atoms with E-state index in [9.17, 15) is 18.0 Å². The molecule has 0 aromatic carbocycles. The number of amides is 1. The highest BCUT2D eigenvalue weighted by Gasteiger charge is 2.40. The van der Waals surface area contributed by atoms with Crippen LogP contribution >= 0.6 is 0 Å². The average Bonchev–Trinajstić information content (AvgIpc) is 2.36. The number of carbonyl (C=O) groups excluding carboxylic acids is 1. The number of carbonyl (C=O) groups is 1. The number of hydrogen-bond donors (Lipinski definition) is 1. The molecule has 1 amide bonds. The van der Waals surface area contributed by atoms with Crippen LogP contribution in [0.3, 0.4) is 0 Å². The molecule has 1 fully saturated rings. The van der Waals surface area contributed by atoms with Gasteiger partial charge in [-0.25, -0.2) is 4.98 Å². The van der Waals surface area contributed by atoms with Crippen LogP contribution in [0.2, 0.25) is 0 Å². The zero-order valence-corrected chi connectivity index (χ0v) is 12.8. The van der Waals surface area contributed by atoms with Crippen molar-refractivity contribution in [3.63, 3.8) is 0 Å². The number of aromatic nitrogens is 1. The van der Waals surface area contributed by atoms with Crippen LogP contribution in [-0.4, -0.2) is 10.9 Å². The molecule has 0 aliphatic carbocycles. The van der Waals surface area contributed by atoms with Gasteiger partial charge >= 0.3 is 6.18 Å². The van der Waals surface area contributed by atoms with Gasteiger partial charge in [0.25, 0.3) is 0 Å². The van der Waals surface area contributed by atoms with Crippen LogP contribution < -0.4 is 5.32 Å². The van der Waals surface area contributed by atoms with Crippen LogP contribution in [0.25, 0.3) is 0 Å². The fourth-order valence-electron chi connectivity index (χ4n) is 2.47. The topological polar surface area (TPSA) is 42.0 Å². The Labute approximate surface area is 127 Å². The lowest BCUT2D eigenvalue weighted by Crippen LogP contribution is -2.34. The van der Waals surface area contributed by atoms with E-state index in [1.807, 2.05) is 0 Å². The Morgan fingerprint density at radius 2 is 1.91 bits per heavy atom. The fraction of sp³-hybridized carbons (Fsp3) is 0.500. The molecule has 22 heavy (non-hydrogen) atoms. The van der Waals surface area contributed by atoms with E-state index in [1.54, 1.807) is 26.8 Å². The molecule has 1 aromatic rings. The number of hydrogen-bond acceptors (Lipinski definition) is 2. The standard InChI is InChI=1S/C16H19F3N2O/c1-9-5-6-11(14(22)20-9)10-7-8-12(15(2,3)4)21-13(10)16(17,18)19/h7-8,11H,1,5-6H2,2-4H3,(H,20,22). The van der Waals surface area contributed by atoms with E-state index in [1.165, 1.54) is 6.07 Å². The number of alkyl halides is 3. The summed E-state index contributed by atoms with van der Waals surface area (Å²) < 4.78 is 40.1. The summed E-state index contributed by atoms with van der Waals surface area (Å²) >= 11 is 0. The molecule has 1 N–H and O–H groups in total. The van der Waals surface area contributed by atoms with Gasteiger partial charge in [-0.15, -0.1) is 0 Å². The number of piperidine rings is 1. The highest BCUT2D eigenvalue weighted by atomic mass is 19.4. The molecule has 1 unspecified atom stereocenters. The molecule has 2 heterocycles. The van der Waals surface area contributed by atoms with Gasteiger partial charge in [0.1, 0.15) is 5.69 Å². The molecule has 6 heteroatoms. The summed E-state index contributed by atoms with van der Waals surface area (Å²) in [6, 6.07) is 2.95. The predicted octanol–water partition coefficient (Wildman–Crippen LogP) is 3.91. The van der Waals surface area contributed by atoms with Gasteiger partial charge in [0.05, 0.1) is 5.92 Å². The lowest BCUT2D eigenvalue weighted by atomic mass is 9.86. The quantitative estimate of drug-likeness (QED) is 0.854.